The number of amides is 1. The van der Waals surface area contributed by atoms with Crippen molar-refractivity contribution in [2.24, 2.45) is 5.92 Å². The molecule has 1 aliphatic heterocycles. The summed E-state index contributed by atoms with van der Waals surface area (Å²) in [5, 5.41) is 16.6. The Kier molecular flexibility index (Phi) is 4.55. The third-order valence-electron chi connectivity index (χ3n) is 3.43. The van der Waals surface area contributed by atoms with Crippen LogP contribution in [-0.2, 0) is 4.79 Å². The number of carbonyl (C=O) groups is 1. The third-order valence-corrected chi connectivity index (χ3v) is 4.25. The predicted octanol–water partition coefficient (Wildman–Crippen LogP) is 2.49. The first-order valence-corrected chi connectivity index (χ1v) is 6.89. The third kappa shape index (κ3) is 3.14. The molecule has 0 unspecified atom stereocenters. The molecule has 1 amide bonds. The Bertz CT molecular complexity index is 494. The maximum atomic E-state index is 11.4. The van der Waals surface area contributed by atoms with Gasteiger partial charge in [0, 0.05) is 25.1 Å². The molecule has 1 aromatic rings. The molecule has 1 heterocycles. The van der Waals surface area contributed by atoms with Crippen LogP contribution in [0, 0.1) is 5.92 Å². The van der Waals surface area contributed by atoms with Gasteiger partial charge < -0.3 is 15.7 Å². The fraction of sp³-hybridized carbons (Fsp3) is 0.462. The second-order valence-corrected chi connectivity index (χ2v) is 5.52. The number of rotatable bonds is 3. The van der Waals surface area contributed by atoms with Gasteiger partial charge in [0.15, 0.2) is 0 Å². The van der Waals surface area contributed by atoms with Crippen molar-refractivity contribution in [3.8, 4) is 5.75 Å². The molecule has 1 fully saturated rings. The summed E-state index contributed by atoms with van der Waals surface area (Å²) < 4.78 is 0. The van der Waals surface area contributed by atoms with Crippen LogP contribution in [0.1, 0.15) is 24.4 Å². The summed E-state index contributed by atoms with van der Waals surface area (Å²) in [6, 6.07) is 3.04. The molecule has 1 saturated heterocycles. The van der Waals surface area contributed by atoms with Crippen LogP contribution in [0.2, 0.25) is 10.0 Å². The number of phenolic OH excluding ortho intramolecular Hbond substituents is 1. The average molecular weight is 303 g/mol. The molecule has 6 heteroatoms. The molecule has 1 aromatic carbocycles. The van der Waals surface area contributed by atoms with Crippen molar-refractivity contribution in [2.45, 2.75) is 18.9 Å². The Morgan fingerprint density at radius 2 is 2.26 bits per heavy atom. The predicted molar refractivity (Wildman–Crippen MR) is 75.7 cm³/mol. The zero-order chi connectivity index (χ0) is 14.0. The van der Waals surface area contributed by atoms with E-state index in [1.807, 2.05) is 0 Å². The Balaban J connectivity index is 2.13. The quantitative estimate of drug-likeness (QED) is 0.804. The highest BCUT2D eigenvalue weighted by Gasteiger charge is 2.30. The van der Waals surface area contributed by atoms with Crippen LogP contribution < -0.4 is 10.6 Å². The standard InChI is InChI=1S/C13H16Cl2N2O2/c1-16-11(19)5-7-4-9(17-6-7)12-10(18)3-2-8(14)13(12)15/h2-3,7,9,17-18H,4-6H2,1H3,(H,16,19)/t7-,9+/m0/s1. The summed E-state index contributed by atoms with van der Waals surface area (Å²) in [6.45, 7) is 0.723. The van der Waals surface area contributed by atoms with E-state index < -0.39 is 0 Å². The summed E-state index contributed by atoms with van der Waals surface area (Å²) in [5.41, 5.74) is 0.619. The van der Waals surface area contributed by atoms with E-state index in [0.29, 0.717) is 22.0 Å². The molecule has 0 radical (unpaired) electrons. The van der Waals surface area contributed by atoms with E-state index in [-0.39, 0.29) is 23.6 Å². The lowest BCUT2D eigenvalue weighted by Crippen LogP contribution is -2.22. The number of phenols is 1. The van der Waals surface area contributed by atoms with Crippen molar-refractivity contribution in [3.05, 3.63) is 27.7 Å². The Labute approximate surface area is 122 Å². The summed E-state index contributed by atoms with van der Waals surface area (Å²) in [6.07, 6.45) is 1.22. The monoisotopic (exact) mass is 302 g/mol. The van der Waals surface area contributed by atoms with Crippen molar-refractivity contribution in [1.29, 1.82) is 0 Å². The summed E-state index contributed by atoms with van der Waals surface area (Å²) in [7, 11) is 1.63. The van der Waals surface area contributed by atoms with E-state index in [1.165, 1.54) is 6.07 Å². The Morgan fingerprint density at radius 1 is 1.53 bits per heavy atom. The SMILES string of the molecule is CNC(=O)C[C@H]1CN[C@@H](c2c(O)ccc(Cl)c2Cl)C1. The van der Waals surface area contributed by atoms with Crippen LogP contribution in [0.15, 0.2) is 12.1 Å². The van der Waals surface area contributed by atoms with Gasteiger partial charge in [-0.25, -0.2) is 0 Å². The highest BCUT2D eigenvalue weighted by atomic mass is 35.5. The van der Waals surface area contributed by atoms with E-state index in [0.717, 1.165) is 13.0 Å². The first-order valence-electron chi connectivity index (χ1n) is 6.13. The molecule has 1 aliphatic rings. The van der Waals surface area contributed by atoms with Gasteiger partial charge in [0.1, 0.15) is 5.75 Å². The number of carbonyl (C=O) groups excluding carboxylic acids is 1. The van der Waals surface area contributed by atoms with Crippen LogP contribution in [0.3, 0.4) is 0 Å². The number of aromatic hydroxyl groups is 1. The van der Waals surface area contributed by atoms with Crippen LogP contribution in [0.4, 0.5) is 0 Å². The molecule has 4 nitrogen and oxygen atoms in total. The van der Waals surface area contributed by atoms with Gasteiger partial charge in [-0.1, -0.05) is 23.2 Å². The van der Waals surface area contributed by atoms with Crippen LogP contribution >= 0.6 is 23.2 Å². The highest BCUT2D eigenvalue weighted by Crippen LogP contribution is 2.41. The zero-order valence-electron chi connectivity index (χ0n) is 10.5. The van der Waals surface area contributed by atoms with Crippen LogP contribution in [0.5, 0.6) is 5.75 Å². The number of halogens is 2. The summed E-state index contributed by atoms with van der Waals surface area (Å²) >= 11 is 12.1. The molecular formula is C13H16Cl2N2O2. The molecule has 0 bridgehead atoms. The van der Waals surface area contributed by atoms with E-state index in [1.54, 1.807) is 13.1 Å². The van der Waals surface area contributed by atoms with Crippen molar-refractivity contribution in [2.75, 3.05) is 13.6 Å². The van der Waals surface area contributed by atoms with E-state index in [4.69, 9.17) is 23.2 Å². The van der Waals surface area contributed by atoms with Gasteiger partial charge in [0.25, 0.3) is 0 Å². The van der Waals surface area contributed by atoms with Crippen molar-refractivity contribution >= 4 is 29.1 Å². The van der Waals surface area contributed by atoms with Gasteiger partial charge in [-0.3, -0.25) is 4.79 Å². The van der Waals surface area contributed by atoms with Crippen LogP contribution in [-0.4, -0.2) is 24.6 Å². The number of hydrogen-bond acceptors (Lipinski definition) is 3. The number of hydrogen-bond donors (Lipinski definition) is 3. The number of benzene rings is 1. The molecule has 2 rings (SSSR count). The van der Waals surface area contributed by atoms with Gasteiger partial charge >= 0.3 is 0 Å². The molecule has 0 saturated carbocycles. The summed E-state index contributed by atoms with van der Waals surface area (Å²) in [4.78, 5) is 11.4. The maximum absolute atomic E-state index is 11.4. The van der Waals surface area contributed by atoms with Crippen molar-refractivity contribution in [1.82, 2.24) is 10.6 Å². The molecule has 104 valence electrons. The molecule has 3 N–H and O–H groups in total. The minimum absolute atomic E-state index is 0.0221. The fourth-order valence-electron chi connectivity index (χ4n) is 2.44. The smallest absolute Gasteiger partial charge is 0.220 e. The topological polar surface area (TPSA) is 61.4 Å². The first-order chi connectivity index (χ1) is 9.02. The molecule has 2 atom stereocenters. The minimum atomic E-state index is -0.0687. The second kappa shape index (κ2) is 5.99. The number of nitrogens with one attached hydrogen (secondary N) is 2. The van der Waals surface area contributed by atoms with Gasteiger partial charge in [-0.15, -0.1) is 0 Å². The Morgan fingerprint density at radius 3 is 2.95 bits per heavy atom. The largest absolute Gasteiger partial charge is 0.508 e. The second-order valence-electron chi connectivity index (χ2n) is 4.73. The van der Waals surface area contributed by atoms with Gasteiger partial charge in [-0.05, 0) is 31.0 Å². The lowest BCUT2D eigenvalue weighted by atomic mass is 9.97. The average Bonchev–Trinajstić information content (AvgIpc) is 2.82. The molecular weight excluding hydrogens is 287 g/mol. The van der Waals surface area contributed by atoms with Crippen LogP contribution in [0.25, 0.3) is 0 Å². The molecule has 0 aliphatic carbocycles. The summed E-state index contributed by atoms with van der Waals surface area (Å²) in [5.74, 6) is 0.390. The molecule has 0 spiro atoms. The van der Waals surface area contributed by atoms with E-state index >= 15 is 0 Å². The van der Waals surface area contributed by atoms with Gasteiger partial charge in [0.05, 0.1) is 10.0 Å². The fourth-order valence-corrected chi connectivity index (χ4v) is 2.89. The normalized spacial score (nSPS) is 22.5. The van der Waals surface area contributed by atoms with E-state index in [9.17, 15) is 9.90 Å². The molecule has 19 heavy (non-hydrogen) atoms. The van der Waals surface area contributed by atoms with Crippen molar-refractivity contribution in [3.63, 3.8) is 0 Å². The lowest BCUT2D eigenvalue weighted by molar-refractivity contribution is -0.121. The minimum Gasteiger partial charge on any atom is -0.508 e. The van der Waals surface area contributed by atoms with E-state index in [2.05, 4.69) is 10.6 Å². The first kappa shape index (κ1) is 14.4. The van der Waals surface area contributed by atoms with Gasteiger partial charge in [0.2, 0.25) is 5.91 Å². The Hall–Kier alpha value is -0.970. The maximum Gasteiger partial charge on any atom is 0.220 e. The highest BCUT2D eigenvalue weighted by molar-refractivity contribution is 6.42. The molecule has 0 aromatic heterocycles. The lowest BCUT2D eigenvalue weighted by Gasteiger charge is -2.15. The zero-order valence-corrected chi connectivity index (χ0v) is 12.1. The van der Waals surface area contributed by atoms with Crippen molar-refractivity contribution < 1.29 is 9.90 Å². The van der Waals surface area contributed by atoms with Gasteiger partial charge in [-0.2, -0.15) is 0 Å².